The molecule has 0 aliphatic rings. The molecule has 1 rings (SSSR count). The van der Waals surface area contributed by atoms with Crippen molar-refractivity contribution in [1.29, 1.82) is 0 Å². The number of nitrogen functional groups attached to an aromatic ring is 1. The Balaban J connectivity index is 2.80. The topological polar surface area (TPSA) is 78.6 Å². The molecule has 0 fully saturated rings. The van der Waals surface area contributed by atoms with Gasteiger partial charge in [-0.2, -0.15) is 13.2 Å². The van der Waals surface area contributed by atoms with E-state index < -0.39 is 27.3 Å². The SMILES string of the molecule is COCCOCCS(=O)(=O)c1ccc(C(F)(F)F)cc1N. The van der Waals surface area contributed by atoms with E-state index in [1.807, 2.05) is 0 Å². The van der Waals surface area contributed by atoms with Gasteiger partial charge in [0.15, 0.2) is 9.84 Å². The third kappa shape index (κ3) is 5.18. The molecule has 120 valence electrons. The molecule has 5 nitrogen and oxygen atoms in total. The molecule has 2 N–H and O–H groups in total. The molecule has 0 heterocycles. The van der Waals surface area contributed by atoms with Crippen LogP contribution in [0.2, 0.25) is 0 Å². The second-order valence-corrected chi connectivity index (χ2v) is 6.25. The number of benzene rings is 1. The highest BCUT2D eigenvalue weighted by Gasteiger charge is 2.31. The summed E-state index contributed by atoms with van der Waals surface area (Å²) in [5, 5.41) is 0. The van der Waals surface area contributed by atoms with Gasteiger partial charge in [-0.05, 0) is 18.2 Å². The van der Waals surface area contributed by atoms with Crippen LogP contribution in [0.1, 0.15) is 5.56 Å². The van der Waals surface area contributed by atoms with Crippen molar-refractivity contribution >= 4 is 15.5 Å². The number of alkyl halides is 3. The first-order valence-corrected chi connectivity index (χ1v) is 7.60. The van der Waals surface area contributed by atoms with Crippen molar-refractivity contribution in [2.75, 3.05) is 38.4 Å². The maximum absolute atomic E-state index is 12.5. The lowest BCUT2D eigenvalue weighted by Crippen LogP contribution is -2.16. The zero-order chi connectivity index (χ0) is 16.1. The summed E-state index contributed by atoms with van der Waals surface area (Å²) in [6.07, 6.45) is -4.57. The minimum atomic E-state index is -4.57. The summed E-state index contributed by atoms with van der Waals surface area (Å²) in [6.45, 7) is 0.461. The van der Waals surface area contributed by atoms with E-state index in [-0.39, 0.29) is 23.9 Å². The first kappa shape index (κ1) is 17.7. The van der Waals surface area contributed by atoms with Gasteiger partial charge < -0.3 is 15.2 Å². The van der Waals surface area contributed by atoms with E-state index in [0.717, 1.165) is 6.07 Å². The number of hydrogen-bond donors (Lipinski definition) is 1. The zero-order valence-corrected chi connectivity index (χ0v) is 12.1. The van der Waals surface area contributed by atoms with Crippen molar-refractivity contribution in [3.63, 3.8) is 0 Å². The molecule has 1 aromatic rings. The van der Waals surface area contributed by atoms with Gasteiger partial charge in [-0.1, -0.05) is 0 Å². The number of nitrogens with two attached hydrogens (primary N) is 1. The lowest BCUT2D eigenvalue weighted by atomic mass is 10.2. The molecule has 0 aliphatic heterocycles. The summed E-state index contributed by atoms with van der Waals surface area (Å²) in [7, 11) is -2.32. The fraction of sp³-hybridized carbons (Fsp3) is 0.500. The average Bonchev–Trinajstić information content (AvgIpc) is 2.37. The van der Waals surface area contributed by atoms with E-state index in [1.54, 1.807) is 0 Å². The van der Waals surface area contributed by atoms with Crippen molar-refractivity contribution < 1.29 is 31.1 Å². The van der Waals surface area contributed by atoms with Gasteiger partial charge in [0.25, 0.3) is 0 Å². The van der Waals surface area contributed by atoms with E-state index in [1.165, 1.54) is 7.11 Å². The molecule has 1 aromatic carbocycles. The van der Waals surface area contributed by atoms with Crippen LogP contribution < -0.4 is 5.73 Å². The number of ether oxygens (including phenoxy) is 2. The average molecular weight is 327 g/mol. The van der Waals surface area contributed by atoms with Crippen LogP contribution in [0.15, 0.2) is 23.1 Å². The number of methoxy groups -OCH3 is 1. The summed E-state index contributed by atoms with van der Waals surface area (Å²) >= 11 is 0. The van der Waals surface area contributed by atoms with Gasteiger partial charge in [0, 0.05) is 7.11 Å². The van der Waals surface area contributed by atoms with Crippen LogP contribution in [0.5, 0.6) is 0 Å². The van der Waals surface area contributed by atoms with E-state index in [2.05, 4.69) is 0 Å². The van der Waals surface area contributed by atoms with Crippen LogP contribution in [0.25, 0.3) is 0 Å². The molecule has 0 bridgehead atoms. The maximum Gasteiger partial charge on any atom is 0.416 e. The van der Waals surface area contributed by atoms with E-state index in [4.69, 9.17) is 15.2 Å². The zero-order valence-electron chi connectivity index (χ0n) is 11.3. The summed E-state index contributed by atoms with van der Waals surface area (Å²) in [4.78, 5) is -0.328. The Hall–Kier alpha value is -1.32. The van der Waals surface area contributed by atoms with Crippen LogP contribution in [-0.4, -0.2) is 41.1 Å². The molecule has 21 heavy (non-hydrogen) atoms. The van der Waals surface area contributed by atoms with E-state index >= 15 is 0 Å². The summed E-state index contributed by atoms with van der Waals surface area (Å²) in [5.41, 5.74) is 4.00. The molecule has 0 aliphatic carbocycles. The van der Waals surface area contributed by atoms with Crippen molar-refractivity contribution in [2.45, 2.75) is 11.1 Å². The molecule has 0 atom stereocenters. The van der Waals surface area contributed by atoms with Crippen molar-refractivity contribution in [3.8, 4) is 0 Å². The molecule has 0 radical (unpaired) electrons. The Morgan fingerprint density at radius 2 is 1.86 bits per heavy atom. The quantitative estimate of drug-likeness (QED) is 0.609. The van der Waals surface area contributed by atoms with Crippen LogP contribution in [0.4, 0.5) is 18.9 Å². The van der Waals surface area contributed by atoms with Gasteiger partial charge in [-0.15, -0.1) is 0 Å². The summed E-state index contributed by atoms with van der Waals surface area (Å²) in [6, 6.07) is 2.16. The highest BCUT2D eigenvalue weighted by Crippen LogP contribution is 2.32. The molecule has 0 spiro atoms. The van der Waals surface area contributed by atoms with Crippen LogP contribution in [0.3, 0.4) is 0 Å². The predicted octanol–water partition coefficient (Wildman–Crippen LogP) is 1.72. The number of hydrogen-bond acceptors (Lipinski definition) is 5. The number of sulfone groups is 1. The second-order valence-electron chi connectivity index (χ2n) is 4.17. The first-order valence-electron chi connectivity index (χ1n) is 5.94. The fourth-order valence-electron chi connectivity index (χ4n) is 1.53. The van der Waals surface area contributed by atoms with Gasteiger partial charge in [0.05, 0.1) is 41.7 Å². The Bertz CT molecular complexity index is 572. The van der Waals surface area contributed by atoms with Gasteiger partial charge in [-0.3, -0.25) is 0 Å². The molecule has 0 saturated carbocycles. The fourth-order valence-corrected chi connectivity index (χ4v) is 2.78. The molecular formula is C12H16F3NO4S. The Kier molecular flexibility index (Phi) is 5.99. The van der Waals surface area contributed by atoms with Gasteiger partial charge in [-0.25, -0.2) is 8.42 Å². The van der Waals surface area contributed by atoms with E-state index in [0.29, 0.717) is 18.7 Å². The molecule has 9 heteroatoms. The largest absolute Gasteiger partial charge is 0.416 e. The number of anilines is 1. The molecule has 0 amide bonds. The molecular weight excluding hydrogens is 311 g/mol. The van der Waals surface area contributed by atoms with Gasteiger partial charge in [0.1, 0.15) is 0 Å². The minimum Gasteiger partial charge on any atom is -0.398 e. The van der Waals surface area contributed by atoms with Crippen molar-refractivity contribution in [3.05, 3.63) is 23.8 Å². The molecule has 0 unspecified atom stereocenters. The van der Waals surface area contributed by atoms with Gasteiger partial charge >= 0.3 is 6.18 Å². The van der Waals surface area contributed by atoms with Crippen LogP contribution in [0, 0.1) is 0 Å². The lowest BCUT2D eigenvalue weighted by molar-refractivity contribution is -0.137. The minimum absolute atomic E-state index is 0.0911. The highest BCUT2D eigenvalue weighted by atomic mass is 32.2. The van der Waals surface area contributed by atoms with E-state index in [9.17, 15) is 21.6 Å². The Morgan fingerprint density at radius 1 is 1.19 bits per heavy atom. The molecule has 0 saturated heterocycles. The van der Waals surface area contributed by atoms with Gasteiger partial charge in [0.2, 0.25) is 0 Å². The second kappa shape index (κ2) is 7.10. The Morgan fingerprint density at radius 3 is 2.38 bits per heavy atom. The smallest absolute Gasteiger partial charge is 0.398 e. The van der Waals surface area contributed by atoms with Crippen molar-refractivity contribution in [2.24, 2.45) is 0 Å². The number of halogens is 3. The van der Waals surface area contributed by atoms with Crippen LogP contribution in [-0.2, 0) is 25.5 Å². The maximum atomic E-state index is 12.5. The summed E-state index contributed by atoms with van der Waals surface area (Å²) < 4.78 is 71.1. The standard InChI is InChI=1S/C12H16F3NO4S/c1-19-4-5-20-6-7-21(17,18)11-3-2-9(8-10(11)16)12(13,14)15/h2-3,8H,4-7,16H2,1H3. The predicted molar refractivity (Wildman–Crippen MR) is 70.6 cm³/mol. The highest BCUT2D eigenvalue weighted by molar-refractivity contribution is 7.91. The number of rotatable bonds is 7. The third-order valence-corrected chi connectivity index (χ3v) is 4.35. The summed E-state index contributed by atoms with van der Waals surface area (Å²) in [5.74, 6) is -0.369. The Labute approximate surface area is 120 Å². The molecule has 0 aromatic heterocycles. The lowest BCUT2D eigenvalue weighted by Gasteiger charge is -2.11. The van der Waals surface area contributed by atoms with Crippen LogP contribution >= 0.6 is 0 Å². The monoisotopic (exact) mass is 327 g/mol. The normalized spacial score (nSPS) is 12.6. The third-order valence-electron chi connectivity index (χ3n) is 2.60. The first-order chi connectivity index (χ1) is 9.68. The van der Waals surface area contributed by atoms with Crippen molar-refractivity contribution in [1.82, 2.24) is 0 Å².